The van der Waals surface area contributed by atoms with E-state index in [4.69, 9.17) is 18.9 Å². The molecule has 2 aromatic rings. The third kappa shape index (κ3) is 7.38. The molecule has 214 valence electrons. The van der Waals surface area contributed by atoms with Crippen molar-refractivity contribution < 1.29 is 23.7 Å². The molecule has 10 heteroatoms. The maximum Gasteiger partial charge on any atom is 0.420 e. The van der Waals surface area contributed by atoms with Gasteiger partial charge in [-0.25, -0.2) is 9.78 Å². The topological polar surface area (TPSA) is 98.3 Å². The lowest BCUT2D eigenvalue weighted by atomic mass is 10.00. The molecule has 4 bridgehead atoms. The van der Waals surface area contributed by atoms with Gasteiger partial charge in [0.05, 0.1) is 19.8 Å². The Morgan fingerprint density at radius 3 is 2.80 bits per heavy atom. The van der Waals surface area contributed by atoms with E-state index < -0.39 is 6.09 Å². The minimum atomic E-state index is -0.442. The monoisotopic (exact) mass is 549 g/mol. The van der Waals surface area contributed by atoms with Crippen LogP contribution in [0.3, 0.4) is 0 Å². The highest BCUT2D eigenvalue weighted by atomic mass is 16.6. The van der Waals surface area contributed by atoms with Gasteiger partial charge in [0.15, 0.2) is 0 Å². The Morgan fingerprint density at radius 1 is 1.07 bits per heavy atom. The molecule has 1 amide bonds. The van der Waals surface area contributed by atoms with E-state index in [2.05, 4.69) is 26.3 Å². The van der Waals surface area contributed by atoms with Gasteiger partial charge >= 0.3 is 6.09 Å². The third-order valence-corrected chi connectivity index (χ3v) is 7.31. The van der Waals surface area contributed by atoms with Gasteiger partial charge in [0.1, 0.15) is 23.9 Å². The molecule has 3 aliphatic rings. The van der Waals surface area contributed by atoms with E-state index in [-0.39, 0.29) is 0 Å². The fourth-order valence-electron chi connectivity index (χ4n) is 5.02. The van der Waals surface area contributed by atoms with Crippen LogP contribution < -0.4 is 15.0 Å². The summed E-state index contributed by atoms with van der Waals surface area (Å²) in [6, 6.07) is 7.63. The van der Waals surface area contributed by atoms with Gasteiger partial charge in [-0.15, -0.1) is 0 Å². The molecule has 2 aliphatic heterocycles. The van der Waals surface area contributed by atoms with Crippen LogP contribution in [0.2, 0.25) is 0 Å². The standard InChI is InChI=1S/C30H39N5O5/c1-22-6-5-7-23(2)28(22)40-30(36)35-12-3-4-16-38-21-24-20-25(32-29-31-11-10-27(35)33-29)8-9-26(24)39-19-15-34-13-17-37-18-14-34/h6,8-11,20H,3-5,7,12-19,21H2,1-2H3,(H,31,32,33). The number of morpholine rings is 1. The summed E-state index contributed by atoms with van der Waals surface area (Å²) in [5.41, 5.74) is 3.84. The number of hydrogen-bond donors (Lipinski definition) is 1. The molecule has 0 spiro atoms. The van der Waals surface area contributed by atoms with E-state index in [1.165, 1.54) is 0 Å². The van der Waals surface area contributed by atoms with Crippen molar-refractivity contribution in [3.05, 3.63) is 59.0 Å². The molecule has 1 aromatic carbocycles. The van der Waals surface area contributed by atoms with Crippen LogP contribution in [0, 0.1) is 0 Å². The first-order valence-electron chi connectivity index (χ1n) is 14.2. The molecule has 10 nitrogen and oxygen atoms in total. The maximum atomic E-state index is 13.4. The Kier molecular flexibility index (Phi) is 9.64. The van der Waals surface area contributed by atoms with E-state index in [1.54, 1.807) is 17.2 Å². The van der Waals surface area contributed by atoms with Crippen molar-refractivity contribution in [2.45, 2.75) is 46.1 Å². The number of benzene rings is 1. The molecular formula is C30H39N5O5. The lowest BCUT2D eigenvalue weighted by Gasteiger charge is -2.26. The fraction of sp³-hybridized carbons (Fsp3) is 0.500. The summed E-state index contributed by atoms with van der Waals surface area (Å²) in [7, 11) is 0. The lowest BCUT2D eigenvalue weighted by Crippen LogP contribution is -2.38. The first kappa shape index (κ1) is 28.1. The number of anilines is 3. The zero-order valence-corrected chi connectivity index (χ0v) is 23.5. The largest absolute Gasteiger partial charge is 0.492 e. The molecule has 1 saturated heterocycles. The van der Waals surface area contributed by atoms with Crippen LogP contribution in [0.4, 0.5) is 22.2 Å². The van der Waals surface area contributed by atoms with Gasteiger partial charge in [-0.3, -0.25) is 9.80 Å². The van der Waals surface area contributed by atoms with Crippen LogP contribution in [0.5, 0.6) is 5.75 Å². The number of fused-ring (bicyclic) bond motifs is 4. The van der Waals surface area contributed by atoms with E-state index in [0.29, 0.717) is 43.9 Å². The Morgan fingerprint density at radius 2 is 1.95 bits per heavy atom. The molecule has 40 heavy (non-hydrogen) atoms. The van der Waals surface area contributed by atoms with Gasteiger partial charge < -0.3 is 24.3 Å². The minimum absolute atomic E-state index is 0.393. The van der Waals surface area contributed by atoms with E-state index in [0.717, 1.165) is 86.7 Å². The number of aromatic nitrogens is 2. The summed E-state index contributed by atoms with van der Waals surface area (Å²) in [4.78, 5) is 26.4. The van der Waals surface area contributed by atoms with Crippen molar-refractivity contribution in [3.8, 4) is 5.75 Å². The number of hydrogen-bond acceptors (Lipinski definition) is 9. The first-order chi connectivity index (χ1) is 19.6. The second kappa shape index (κ2) is 13.7. The predicted octanol–water partition coefficient (Wildman–Crippen LogP) is 5.20. The van der Waals surface area contributed by atoms with E-state index >= 15 is 0 Å². The van der Waals surface area contributed by atoms with Crippen LogP contribution in [0.25, 0.3) is 0 Å². The Balaban J connectivity index is 1.31. The van der Waals surface area contributed by atoms with Crippen LogP contribution in [0.15, 0.2) is 53.4 Å². The van der Waals surface area contributed by atoms with E-state index in [1.807, 2.05) is 32.0 Å². The Hall–Kier alpha value is -3.47. The Bertz CT molecular complexity index is 1240. The van der Waals surface area contributed by atoms with Gasteiger partial charge in [0, 0.05) is 50.2 Å². The van der Waals surface area contributed by atoms with Crippen molar-refractivity contribution in [1.82, 2.24) is 14.9 Å². The van der Waals surface area contributed by atoms with Crippen molar-refractivity contribution in [2.24, 2.45) is 0 Å². The quantitative estimate of drug-likeness (QED) is 0.540. The third-order valence-electron chi connectivity index (χ3n) is 7.31. The molecule has 0 saturated carbocycles. The van der Waals surface area contributed by atoms with Crippen molar-refractivity contribution in [1.29, 1.82) is 0 Å². The number of rotatable bonds is 5. The summed E-state index contributed by atoms with van der Waals surface area (Å²) in [5.74, 6) is 2.35. The number of ether oxygens (including phenoxy) is 4. The van der Waals surface area contributed by atoms with Crippen LogP contribution in [-0.4, -0.2) is 73.6 Å². The second-order valence-corrected chi connectivity index (χ2v) is 10.3. The van der Waals surface area contributed by atoms with Crippen molar-refractivity contribution in [2.75, 3.05) is 62.8 Å². The smallest absolute Gasteiger partial charge is 0.420 e. The molecule has 1 N–H and O–H groups in total. The molecule has 0 radical (unpaired) electrons. The van der Waals surface area contributed by atoms with Crippen molar-refractivity contribution >= 4 is 23.5 Å². The fourth-order valence-corrected chi connectivity index (χ4v) is 5.02. The highest BCUT2D eigenvalue weighted by Crippen LogP contribution is 2.29. The van der Waals surface area contributed by atoms with Crippen LogP contribution in [-0.2, 0) is 20.8 Å². The molecule has 1 aliphatic carbocycles. The van der Waals surface area contributed by atoms with Crippen LogP contribution >= 0.6 is 0 Å². The molecule has 0 atom stereocenters. The number of amides is 1. The zero-order chi connectivity index (χ0) is 27.7. The van der Waals surface area contributed by atoms with E-state index in [9.17, 15) is 4.79 Å². The summed E-state index contributed by atoms with van der Waals surface area (Å²) >= 11 is 0. The predicted molar refractivity (Wildman–Crippen MR) is 153 cm³/mol. The average molecular weight is 550 g/mol. The number of nitrogens with zero attached hydrogens (tertiary/aromatic N) is 4. The number of nitrogens with one attached hydrogen (secondary N) is 1. The Labute approximate surface area is 236 Å². The average Bonchev–Trinajstić information content (AvgIpc) is 2.96. The summed E-state index contributed by atoms with van der Waals surface area (Å²) in [5, 5.41) is 3.27. The van der Waals surface area contributed by atoms with Gasteiger partial charge in [0.2, 0.25) is 5.95 Å². The minimum Gasteiger partial charge on any atom is -0.492 e. The molecule has 3 heterocycles. The number of carbonyl (C=O) groups excluding carboxylic acids is 1. The SMILES string of the molecule is CC1=CCCC(C)=C1OC(=O)N1CCCCOCc2cc(ccc2OCCN2CCOCC2)Nc2nccc1n2. The highest BCUT2D eigenvalue weighted by molar-refractivity contribution is 5.87. The van der Waals surface area contributed by atoms with Crippen LogP contribution in [0.1, 0.15) is 45.1 Å². The van der Waals surface area contributed by atoms with Gasteiger partial charge in [-0.2, -0.15) is 4.98 Å². The number of carbonyl (C=O) groups is 1. The summed E-state index contributed by atoms with van der Waals surface area (Å²) < 4.78 is 23.5. The summed E-state index contributed by atoms with van der Waals surface area (Å²) in [6.07, 6.45) is 6.69. The van der Waals surface area contributed by atoms with Gasteiger partial charge in [-0.1, -0.05) is 6.08 Å². The molecular weight excluding hydrogens is 510 g/mol. The first-order valence-corrected chi connectivity index (χ1v) is 14.2. The highest BCUT2D eigenvalue weighted by Gasteiger charge is 2.23. The molecule has 0 unspecified atom stereocenters. The molecule has 5 rings (SSSR count). The summed E-state index contributed by atoms with van der Waals surface area (Å²) in [6.45, 7) is 10.3. The van der Waals surface area contributed by atoms with Gasteiger partial charge in [0.25, 0.3) is 0 Å². The normalized spacial score (nSPS) is 18.9. The molecule has 1 aromatic heterocycles. The second-order valence-electron chi connectivity index (χ2n) is 10.3. The zero-order valence-electron chi connectivity index (χ0n) is 23.5. The lowest BCUT2D eigenvalue weighted by molar-refractivity contribution is 0.0320. The van der Waals surface area contributed by atoms with Gasteiger partial charge in [-0.05, 0) is 74.9 Å². The van der Waals surface area contributed by atoms with Crippen molar-refractivity contribution in [3.63, 3.8) is 0 Å². The molecule has 1 fully saturated rings. The maximum absolute atomic E-state index is 13.4. The number of allylic oxidation sites excluding steroid dienone is 3.